The summed E-state index contributed by atoms with van der Waals surface area (Å²) in [7, 11) is 0. The molecule has 1 aromatic carbocycles. The summed E-state index contributed by atoms with van der Waals surface area (Å²) in [5.41, 5.74) is 2.91. The maximum absolute atomic E-state index is 11.3. The van der Waals surface area contributed by atoms with Gasteiger partial charge in [-0.15, -0.1) is 0 Å². The normalized spacial score (nSPS) is 10.0. The number of rotatable bonds is 7. The lowest BCUT2D eigenvalue weighted by atomic mass is 10.0. The molecule has 0 bridgehead atoms. The summed E-state index contributed by atoms with van der Waals surface area (Å²) in [5, 5.41) is 18.4. The van der Waals surface area contributed by atoms with Crippen molar-refractivity contribution in [3.8, 4) is 11.1 Å². The van der Waals surface area contributed by atoms with Crippen LogP contribution in [0.3, 0.4) is 0 Å². The quantitative estimate of drug-likeness (QED) is 0.427. The van der Waals surface area contributed by atoms with E-state index in [0.717, 1.165) is 29.0 Å². The van der Waals surface area contributed by atoms with Gasteiger partial charge in [0.1, 0.15) is 11.4 Å². The molecule has 0 unspecified atom stereocenters. The Labute approximate surface area is 147 Å². The highest BCUT2D eigenvalue weighted by Gasteiger charge is 2.18. The molecule has 7 heteroatoms. The van der Waals surface area contributed by atoms with Crippen LogP contribution in [0.1, 0.15) is 31.7 Å². The van der Waals surface area contributed by atoms with Crippen molar-refractivity contribution in [1.29, 1.82) is 0 Å². The Balaban J connectivity index is 0.00000139. The van der Waals surface area contributed by atoms with Crippen molar-refractivity contribution in [2.75, 3.05) is 23.9 Å². The first-order valence-electron chi connectivity index (χ1n) is 7.99. The van der Waals surface area contributed by atoms with Gasteiger partial charge in [0, 0.05) is 18.2 Å². The molecule has 0 amide bonds. The van der Waals surface area contributed by atoms with Gasteiger partial charge in [-0.25, -0.2) is 0 Å². The van der Waals surface area contributed by atoms with Crippen molar-refractivity contribution < 1.29 is 9.45 Å². The van der Waals surface area contributed by atoms with Gasteiger partial charge in [-0.05, 0) is 43.9 Å². The van der Waals surface area contributed by atoms with E-state index in [1.165, 1.54) is 0 Å². The first-order chi connectivity index (χ1) is 11.5. The molecule has 1 aromatic heterocycles. The van der Waals surface area contributed by atoms with Gasteiger partial charge in [0.15, 0.2) is 0 Å². The zero-order valence-corrected chi connectivity index (χ0v) is 15.7. The number of aryl methyl sites for hydroxylation is 2. The van der Waals surface area contributed by atoms with Crippen LogP contribution in [0.15, 0.2) is 22.7 Å². The van der Waals surface area contributed by atoms with Crippen LogP contribution in [0.5, 0.6) is 0 Å². The van der Waals surface area contributed by atoms with Crippen molar-refractivity contribution in [2.24, 2.45) is 0 Å². The van der Waals surface area contributed by atoms with Crippen LogP contribution >= 0.6 is 11.8 Å². The highest BCUT2D eigenvalue weighted by atomic mass is 32.2. The van der Waals surface area contributed by atoms with Crippen molar-refractivity contribution in [3.05, 3.63) is 39.8 Å². The second-order valence-corrected chi connectivity index (χ2v) is 5.95. The Bertz CT molecular complexity index is 652. The smallest absolute Gasteiger partial charge is 0.292 e. The van der Waals surface area contributed by atoms with E-state index in [1.807, 2.05) is 33.1 Å². The molecule has 1 heterocycles. The molecule has 0 spiro atoms. The molecule has 0 aliphatic heterocycles. The molecular weight excluding hydrogens is 326 g/mol. The van der Waals surface area contributed by atoms with Crippen LogP contribution in [0.25, 0.3) is 11.1 Å². The summed E-state index contributed by atoms with van der Waals surface area (Å²) in [6.45, 7) is 8.34. The van der Waals surface area contributed by atoms with E-state index >= 15 is 0 Å². The number of benzene rings is 1. The minimum atomic E-state index is -0.363. The van der Waals surface area contributed by atoms with E-state index in [0.29, 0.717) is 18.0 Å². The van der Waals surface area contributed by atoms with Crippen LogP contribution < -0.4 is 5.32 Å². The summed E-state index contributed by atoms with van der Waals surface area (Å²) >= 11 is 1.76. The molecule has 6 nitrogen and oxygen atoms in total. The highest BCUT2D eigenvalue weighted by Crippen LogP contribution is 2.33. The van der Waals surface area contributed by atoms with Gasteiger partial charge < -0.3 is 9.84 Å². The van der Waals surface area contributed by atoms with Gasteiger partial charge >= 0.3 is 0 Å². The molecule has 0 aliphatic carbocycles. The fraction of sp³-hybridized carbons (Fsp3) is 0.471. The second kappa shape index (κ2) is 9.97. The minimum Gasteiger partial charge on any atom is -0.379 e. The number of nitro groups is 1. The fourth-order valence-electron chi connectivity index (χ4n) is 2.32. The van der Waals surface area contributed by atoms with Crippen LogP contribution in [0.2, 0.25) is 0 Å². The van der Waals surface area contributed by atoms with Crippen molar-refractivity contribution in [2.45, 2.75) is 34.1 Å². The average molecular weight is 351 g/mol. The molecule has 24 heavy (non-hydrogen) atoms. The summed E-state index contributed by atoms with van der Waals surface area (Å²) in [5.74, 6) is 1.69. The molecule has 1 N–H and O–H groups in total. The van der Waals surface area contributed by atoms with Gasteiger partial charge in [-0.1, -0.05) is 25.1 Å². The van der Waals surface area contributed by atoms with E-state index in [9.17, 15) is 10.1 Å². The minimum absolute atomic E-state index is 0.0710. The lowest BCUT2D eigenvalue weighted by Crippen LogP contribution is -2.05. The molecule has 0 aliphatic rings. The summed E-state index contributed by atoms with van der Waals surface area (Å²) in [4.78, 5) is 11.0. The molecule has 0 atom stereocenters. The van der Waals surface area contributed by atoms with Crippen LogP contribution in [-0.2, 0) is 0 Å². The van der Waals surface area contributed by atoms with Crippen molar-refractivity contribution in [3.63, 3.8) is 0 Å². The van der Waals surface area contributed by atoms with E-state index in [4.69, 9.17) is 4.52 Å². The number of hydrogen-bond acceptors (Lipinski definition) is 6. The Morgan fingerprint density at radius 3 is 2.58 bits per heavy atom. The number of anilines is 1. The summed E-state index contributed by atoms with van der Waals surface area (Å²) < 4.78 is 5.13. The molecule has 0 saturated heterocycles. The van der Waals surface area contributed by atoms with Crippen LogP contribution in [0, 0.1) is 24.0 Å². The average Bonchev–Trinajstić information content (AvgIpc) is 2.92. The third-order valence-electron chi connectivity index (χ3n) is 3.36. The molecular formula is C17H25N3O3S. The highest BCUT2D eigenvalue weighted by molar-refractivity contribution is 7.98. The standard InChI is InChI=1S/C15H19N3O3S.C2H6/c1-10-15(11(2)21-17-10)12-5-6-13(14(9-12)18(19)20)16-7-4-8-22-3;1-2/h5-6,9,16H,4,7-8H2,1-3H3;1-2H3. The van der Waals surface area contributed by atoms with Gasteiger partial charge in [-0.2, -0.15) is 11.8 Å². The lowest BCUT2D eigenvalue weighted by molar-refractivity contribution is -0.383. The van der Waals surface area contributed by atoms with Gasteiger partial charge in [-0.3, -0.25) is 10.1 Å². The summed E-state index contributed by atoms with van der Waals surface area (Å²) in [6.07, 6.45) is 3.00. The third-order valence-corrected chi connectivity index (χ3v) is 4.05. The van der Waals surface area contributed by atoms with Crippen LogP contribution in [-0.4, -0.2) is 28.6 Å². The van der Waals surface area contributed by atoms with E-state index in [2.05, 4.69) is 10.5 Å². The number of aromatic nitrogens is 1. The Morgan fingerprint density at radius 1 is 1.33 bits per heavy atom. The number of nitro benzene ring substituents is 1. The van der Waals surface area contributed by atoms with Crippen molar-refractivity contribution in [1.82, 2.24) is 5.16 Å². The van der Waals surface area contributed by atoms with Gasteiger partial charge in [0.2, 0.25) is 0 Å². The number of nitrogens with one attached hydrogen (secondary N) is 1. The van der Waals surface area contributed by atoms with E-state index < -0.39 is 0 Å². The maximum Gasteiger partial charge on any atom is 0.292 e. The fourth-order valence-corrected chi connectivity index (χ4v) is 2.76. The largest absolute Gasteiger partial charge is 0.379 e. The van der Waals surface area contributed by atoms with Gasteiger partial charge in [0.05, 0.1) is 10.6 Å². The molecule has 0 fully saturated rings. The Morgan fingerprint density at radius 2 is 2.04 bits per heavy atom. The zero-order valence-electron chi connectivity index (χ0n) is 14.9. The van der Waals surface area contributed by atoms with Gasteiger partial charge in [0.25, 0.3) is 5.69 Å². The Kier molecular flexibility index (Phi) is 8.32. The van der Waals surface area contributed by atoms with E-state index in [-0.39, 0.29) is 10.6 Å². The maximum atomic E-state index is 11.3. The monoisotopic (exact) mass is 351 g/mol. The third kappa shape index (κ3) is 4.99. The molecule has 0 radical (unpaired) electrons. The second-order valence-electron chi connectivity index (χ2n) is 4.96. The first-order valence-corrected chi connectivity index (χ1v) is 9.38. The summed E-state index contributed by atoms with van der Waals surface area (Å²) in [6, 6.07) is 5.18. The molecule has 2 aromatic rings. The zero-order chi connectivity index (χ0) is 18.1. The topological polar surface area (TPSA) is 81.2 Å². The molecule has 132 valence electrons. The van der Waals surface area contributed by atoms with Crippen LogP contribution in [0.4, 0.5) is 11.4 Å². The number of nitrogens with zero attached hydrogens (tertiary/aromatic N) is 2. The SMILES string of the molecule is CC.CSCCCNc1ccc(-c2c(C)noc2C)cc1[N+](=O)[O-]. The first kappa shape index (κ1) is 20.0. The van der Waals surface area contributed by atoms with E-state index in [1.54, 1.807) is 30.8 Å². The predicted octanol–water partition coefficient (Wildman–Crippen LogP) is 5.06. The number of thioether (sulfide) groups is 1. The molecule has 2 rings (SSSR count). The Hall–Kier alpha value is -2.02. The lowest BCUT2D eigenvalue weighted by Gasteiger charge is -2.08. The number of hydrogen-bond donors (Lipinski definition) is 1. The molecule has 0 saturated carbocycles. The predicted molar refractivity (Wildman–Crippen MR) is 101 cm³/mol. The van der Waals surface area contributed by atoms with Crippen molar-refractivity contribution >= 4 is 23.1 Å².